The van der Waals surface area contributed by atoms with Gasteiger partial charge in [0.2, 0.25) is 0 Å². The van der Waals surface area contributed by atoms with Crippen LogP contribution in [-0.2, 0) is 5.41 Å². The minimum Gasteiger partial charge on any atom is -0.385 e. The highest BCUT2D eigenvalue weighted by molar-refractivity contribution is 5.53. The van der Waals surface area contributed by atoms with Gasteiger partial charge in [-0.15, -0.1) is 0 Å². The fourth-order valence-electron chi connectivity index (χ4n) is 3.35. The molecule has 26 heavy (non-hydrogen) atoms. The fraction of sp³-hybridized carbons (Fsp3) is 0.280. The molecule has 3 rings (SSSR count). The molecule has 3 aromatic carbocycles. The van der Waals surface area contributed by atoms with Crippen molar-refractivity contribution in [2.75, 3.05) is 11.9 Å². The van der Waals surface area contributed by atoms with Gasteiger partial charge in [0.05, 0.1) is 0 Å². The normalized spacial score (nSPS) is 12.5. The van der Waals surface area contributed by atoms with Gasteiger partial charge in [0.1, 0.15) is 0 Å². The molecule has 0 radical (unpaired) electrons. The number of aryl methyl sites for hydroxylation is 1. The molecule has 0 aliphatic rings. The standard InChI is InChI=1S/C23H25N.C2H6/c1-4-24-22-15-13-20(14-16-22)23(3,19-10-6-5-7-11-19)21-12-8-9-18(2)17-21;1-2/h5-17,24H,4H2,1-3H3;1-2H3. The van der Waals surface area contributed by atoms with E-state index in [4.69, 9.17) is 0 Å². The number of hydrogen-bond acceptors (Lipinski definition) is 1. The van der Waals surface area contributed by atoms with Gasteiger partial charge in [0, 0.05) is 17.6 Å². The Hall–Kier alpha value is -2.54. The Morgan fingerprint density at radius 3 is 1.88 bits per heavy atom. The Kier molecular flexibility index (Phi) is 7.03. The molecule has 0 heterocycles. The van der Waals surface area contributed by atoms with E-state index in [2.05, 4.69) is 105 Å². The molecule has 136 valence electrons. The van der Waals surface area contributed by atoms with E-state index in [1.54, 1.807) is 0 Å². The van der Waals surface area contributed by atoms with Crippen molar-refractivity contribution in [1.29, 1.82) is 0 Å². The van der Waals surface area contributed by atoms with Crippen LogP contribution in [0.5, 0.6) is 0 Å². The lowest BCUT2D eigenvalue weighted by Crippen LogP contribution is -2.25. The highest BCUT2D eigenvalue weighted by Crippen LogP contribution is 2.39. The van der Waals surface area contributed by atoms with Crippen LogP contribution in [0.2, 0.25) is 0 Å². The average molecular weight is 346 g/mol. The summed E-state index contributed by atoms with van der Waals surface area (Å²) in [7, 11) is 0. The minimum absolute atomic E-state index is 0.169. The van der Waals surface area contributed by atoms with Crippen molar-refractivity contribution in [2.24, 2.45) is 0 Å². The van der Waals surface area contributed by atoms with Crippen LogP contribution >= 0.6 is 0 Å². The Morgan fingerprint density at radius 1 is 0.731 bits per heavy atom. The first-order chi connectivity index (χ1) is 12.6. The first kappa shape index (κ1) is 19.8. The van der Waals surface area contributed by atoms with Gasteiger partial charge in [0.15, 0.2) is 0 Å². The lowest BCUT2D eigenvalue weighted by molar-refractivity contribution is 0.692. The van der Waals surface area contributed by atoms with Crippen molar-refractivity contribution in [3.05, 3.63) is 101 Å². The SMILES string of the molecule is CC.CCNc1ccc(C(C)(c2ccccc2)c2cccc(C)c2)cc1. The molecule has 0 fully saturated rings. The van der Waals surface area contributed by atoms with Crippen molar-refractivity contribution in [3.63, 3.8) is 0 Å². The van der Waals surface area contributed by atoms with Gasteiger partial charge in [-0.25, -0.2) is 0 Å². The molecule has 1 nitrogen and oxygen atoms in total. The predicted molar refractivity (Wildman–Crippen MR) is 115 cm³/mol. The van der Waals surface area contributed by atoms with Crippen LogP contribution in [0.4, 0.5) is 5.69 Å². The first-order valence-electron chi connectivity index (χ1n) is 9.61. The summed E-state index contributed by atoms with van der Waals surface area (Å²) >= 11 is 0. The lowest BCUT2D eigenvalue weighted by atomic mass is 9.71. The summed E-state index contributed by atoms with van der Waals surface area (Å²) < 4.78 is 0. The van der Waals surface area contributed by atoms with Gasteiger partial charge < -0.3 is 5.32 Å². The second kappa shape index (κ2) is 9.24. The Labute approximate surface area is 159 Å². The average Bonchev–Trinajstić information content (AvgIpc) is 2.70. The van der Waals surface area contributed by atoms with Crippen LogP contribution in [0.3, 0.4) is 0 Å². The van der Waals surface area contributed by atoms with Gasteiger partial charge in [-0.05, 0) is 49.6 Å². The molecule has 1 N–H and O–H groups in total. The maximum absolute atomic E-state index is 3.37. The quantitative estimate of drug-likeness (QED) is 0.501. The zero-order valence-corrected chi connectivity index (χ0v) is 16.7. The summed E-state index contributed by atoms with van der Waals surface area (Å²) in [4.78, 5) is 0. The zero-order valence-electron chi connectivity index (χ0n) is 16.7. The molecular weight excluding hydrogens is 314 g/mol. The van der Waals surface area contributed by atoms with Crippen molar-refractivity contribution >= 4 is 5.69 Å². The third-order valence-electron chi connectivity index (χ3n) is 4.79. The molecule has 0 aliphatic carbocycles. The van der Waals surface area contributed by atoms with Gasteiger partial charge >= 0.3 is 0 Å². The summed E-state index contributed by atoms with van der Waals surface area (Å²) in [6, 6.07) is 28.4. The molecule has 0 saturated heterocycles. The molecular formula is C25H31N. The maximum atomic E-state index is 3.37. The lowest BCUT2D eigenvalue weighted by Gasteiger charge is -2.32. The van der Waals surface area contributed by atoms with Crippen LogP contribution in [-0.4, -0.2) is 6.54 Å². The molecule has 0 bridgehead atoms. The monoisotopic (exact) mass is 345 g/mol. The Morgan fingerprint density at radius 2 is 1.31 bits per heavy atom. The Bertz CT molecular complexity index is 790. The number of benzene rings is 3. The second-order valence-electron chi connectivity index (χ2n) is 6.47. The van der Waals surface area contributed by atoms with Crippen LogP contribution < -0.4 is 5.32 Å². The number of hydrogen-bond donors (Lipinski definition) is 1. The van der Waals surface area contributed by atoms with Gasteiger partial charge in [-0.2, -0.15) is 0 Å². The van der Waals surface area contributed by atoms with Crippen LogP contribution in [0.1, 0.15) is 49.9 Å². The number of nitrogens with one attached hydrogen (secondary N) is 1. The van der Waals surface area contributed by atoms with Gasteiger partial charge in [-0.1, -0.05) is 86.1 Å². The van der Waals surface area contributed by atoms with E-state index in [0.29, 0.717) is 0 Å². The molecule has 0 spiro atoms. The molecule has 0 amide bonds. The summed E-state index contributed by atoms with van der Waals surface area (Å²) in [6.07, 6.45) is 0. The zero-order chi connectivity index (χ0) is 19.0. The minimum atomic E-state index is -0.169. The van der Waals surface area contributed by atoms with Crippen molar-refractivity contribution < 1.29 is 0 Å². The molecule has 0 saturated carbocycles. The molecule has 1 heteroatoms. The fourth-order valence-corrected chi connectivity index (χ4v) is 3.35. The third kappa shape index (κ3) is 4.16. The summed E-state index contributed by atoms with van der Waals surface area (Å²) in [5, 5.41) is 3.37. The molecule has 3 aromatic rings. The maximum Gasteiger partial charge on any atom is 0.0423 e. The summed E-state index contributed by atoms with van der Waals surface area (Å²) in [5.74, 6) is 0. The van der Waals surface area contributed by atoms with Crippen LogP contribution in [0, 0.1) is 6.92 Å². The molecule has 0 aliphatic heterocycles. The highest BCUT2D eigenvalue weighted by Gasteiger charge is 2.30. The predicted octanol–water partition coefficient (Wildman–Crippen LogP) is 6.81. The van der Waals surface area contributed by atoms with E-state index in [9.17, 15) is 0 Å². The highest BCUT2D eigenvalue weighted by atomic mass is 14.8. The van der Waals surface area contributed by atoms with Crippen LogP contribution in [0.25, 0.3) is 0 Å². The smallest absolute Gasteiger partial charge is 0.0423 e. The van der Waals surface area contributed by atoms with E-state index in [-0.39, 0.29) is 5.41 Å². The van der Waals surface area contributed by atoms with E-state index < -0.39 is 0 Å². The van der Waals surface area contributed by atoms with Gasteiger partial charge in [-0.3, -0.25) is 0 Å². The number of rotatable bonds is 5. The second-order valence-corrected chi connectivity index (χ2v) is 6.47. The van der Waals surface area contributed by atoms with Crippen LogP contribution in [0.15, 0.2) is 78.9 Å². The number of anilines is 1. The summed E-state index contributed by atoms with van der Waals surface area (Å²) in [5.41, 5.74) is 6.23. The van der Waals surface area contributed by atoms with Crippen molar-refractivity contribution in [3.8, 4) is 0 Å². The Balaban J connectivity index is 0.00000117. The van der Waals surface area contributed by atoms with E-state index >= 15 is 0 Å². The third-order valence-corrected chi connectivity index (χ3v) is 4.79. The molecule has 1 unspecified atom stereocenters. The van der Waals surface area contributed by atoms with E-state index in [0.717, 1.165) is 6.54 Å². The van der Waals surface area contributed by atoms with E-state index in [1.807, 2.05) is 13.8 Å². The topological polar surface area (TPSA) is 12.0 Å². The molecule has 1 atom stereocenters. The van der Waals surface area contributed by atoms with E-state index in [1.165, 1.54) is 27.9 Å². The molecule has 0 aromatic heterocycles. The largest absolute Gasteiger partial charge is 0.385 e. The summed E-state index contributed by atoms with van der Waals surface area (Å²) in [6.45, 7) is 11.5. The van der Waals surface area contributed by atoms with Crippen molar-refractivity contribution in [2.45, 2.75) is 40.0 Å². The first-order valence-corrected chi connectivity index (χ1v) is 9.61. The van der Waals surface area contributed by atoms with Crippen molar-refractivity contribution in [1.82, 2.24) is 0 Å². The van der Waals surface area contributed by atoms with Gasteiger partial charge in [0.25, 0.3) is 0 Å².